The molecule has 4 heterocycles. The first-order chi connectivity index (χ1) is 18.9. The van der Waals surface area contributed by atoms with E-state index in [-0.39, 0.29) is 23.8 Å². The van der Waals surface area contributed by atoms with Gasteiger partial charge >= 0.3 is 0 Å². The first-order valence-corrected chi connectivity index (χ1v) is 15.0. The first-order valence-electron chi connectivity index (χ1n) is 14.7. The Balaban J connectivity index is 1.27. The van der Waals surface area contributed by atoms with Gasteiger partial charge in [-0.3, -0.25) is 19.3 Å². The van der Waals surface area contributed by atoms with Crippen LogP contribution in [0.4, 0.5) is 5.69 Å². The van der Waals surface area contributed by atoms with Gasteiger partial charge < -0.3 is 20.3 Å². The number of hydrogen-bond acceptors (Lipinski definition) is 5. The van der Waals surface area contributed by atoms with Crippen LogP contribution in [0.2, 0.25) is 5.02 Å². The summed E-state index contributed by atoms with van der Waals surface area (Å²) in [7, 11) is 0. The zero-order valence-corrected chi connectivity index (χ0v) is 23.4. The van der Waals surface area contributed by atoms with Gasteiger partial charge in [-0.1, -0.05) is 55.5 Å². The number of carbonyl (C=O) groups is 3. The second kappa shape index (κ2) is 10.9. The Labute approximate surface area is 235 Å². The molecule has 2 N–H and O–H groups in total. The fourth-order valence-electron chi connectivity index (χ4n) is 7.55. The molecular formula is C30H39ClN4O4. The molecule has 4 aliphatic heterocycles. The van der Waals surface area contributed by atoms with E-state index in [0.29, 0.717) is 29.8 Å². The van der Waals surface area contributed by atoms with Crippen LogP contribution < -0.4 is 10.6 Å². The van der Waals surface area contributed by atoms with E-state index >= 15 is 0 Å². The summed E-state index contributed by atoms with van der Waals surface area (Å²) in [6.45, 7) is 4.37. The molecule has 6 atom stereocenters. The fraction of sp³-hybridized carbons (Fsp3) is 0.633. The summed E-state index contributed by atoms with van der Waals surface area (Å²) in [5.74, 6) is -2.07. The van der Waals surface area contributed by atoms with E-state index in [1.54, 1.807) is 29.2 Å². The van der Waals surface area contributed by atoms with Gasteiger partial charge in [0.15, 0.2) is 0 Å². The smallest absolute Gasteiger partial charge is 0.246 e. The molecule has 1 aromatic carbocycles. The van der Waals surface area contributed by atoms with Crippen LogP contribution in [-0.2, 0) is 19.1 Å². The van der Waals surface area contributed by atoms with E-state index in [0.717, 1.165) is 45.1 Å². The van der Waals surface area contributed by atoms with Gasteiger partial charge in [0, 0.05) is 35.9 Å². The number of hydrogen-bond donors (Lipinski definition) is 2. The van der Waals surface area contributed by atoms with Crippen LogP contribution in [0.15, 0.2) is 36.4 Å². The Morgan fingerprint density at radius 1 is 1.08 bits per heavy atom. The third-order valence-corrected chi connectivity index (χ3v) is 9.77. The second-order valence-electron chi connectivity index (χ2n) is 12.0. The number of fused-ring (bicyclic) bond motifs is 1. The van der Waals surface area contributed by atoms with Gasteiger partial charge in [0.1, 0.15) is 11.6 Å². The molecule has 9 heteroatoms. The van der Waals surface area contributed by atoms with E-state index in [9.17, 15) is 14.4 Å². The Kier molecular flexibility index (Phi) is 7.46. The number of rotatable bonds is 7. The quantitative estimate of drug-likeness (QED) is 0.501. The number of likely N-dealkylation sites (tertiary alicyclic amines) is 2. The summed E-state index contributed by atoms with van der Waals surface area (Å²) in [6.07, 6.45) is 12.0. The summed E-state index contributed by atoms with van der Waals surface area (Å²) < 4.78 is 6.48. The zero-order valence-electron chi connectivity index (χ0n) is 22.6. The molecule has 0 radical (unpaired) electrons. The van der Waals surface area contributed by atoms with Gasteiger partial charge in [0.05, 0.1) is 17.9 Å². The van der Waals surface area contributed by atoms with E-state index < -0.39 is 29.6 Å². The van der Waals surface area contributed by atoms with Crippen LogP contribution in [0, 0.1) is 11.8 Å². The standard InChI is InChI=1S/C30H39ClN4O4/c1-19-8-5-6-15-34(19)16-17-35-26(28(37)32-21-10-3-2-4-11-21)30-14-13-23(39-30)24(25(30)29(35)38)27(36)33-22-12-7-9-20(31)18-22/h7,9,12-14,18-19,21,23-26H,2-6,8,10-11,15-17H2,1H3,(H,32,37)(H,33,36)/t19-,23+,24-,25+,26-,30+/m1/s1. The first kappa shape index (κ1) is 26.8. The lowest BCUT2D eigenvalue weighted by atomic mass is 9.74. The summed E-state index contributed by atoms with van der Waals surface area (Å²) in [6, 6.07) is 6.74. The minimum Gasteiger partial charge on any atom is -0.359 e. The van der Waals surface area contributed by atoms with Crippen molar-refractivity contribution in [1.82, 2.24) is 15.1 Å². The molecule has 5 aliphatic rings. The molecule has 2 bridgehead atoms. The number of ether oxygens (including phenoxy) is 1. The predicted octanol–water partition coefficient (Wildman–Crippen LogP) is 3.75. The van der Waals surface area contributed by atoms with Gasteiger partial charge in [0.25, 0.3) is 0 Å². The maximum atomic E-state index is 14.2. The van der Waals surface area contributed by atoms with Crippen molar-refractivity contribution in [2.24, 2.45) is 11.8 Å². The van der Waals surface area contributed by atoms with Gasteiger partial charge in [-0.2, -0.15) is 0 Å². The van der Waals surface area contributed by atoms with Crippen molar-refractivity contribution in [3.8, 4) is 0 Å². The summed E-state index contributed by atoms with van der Waals surface area (Å²) in [5, 5.41) is 6.72. The van der Waals surface area contributed by atoms with Crippen molar-refractivity contribution in [2.45, 2.75) is 88.1 Å². The highest BCUT2D eigenvalue weighted by molar-refractivity contribution is 6.30. The Bertz CT molecular complexity index is 1150. The number of amides is 3. The van der Waals surface area contributed by atoms with Crippen LogP contribution in [0.5, 0.6) is 0 Å². The number of benzene rings is 1. The summed E-state index contributed by atoms with van der Waals surface area (Å²) >= 11 is 6.13. The highest BCUT2D eigenvalue weighted by atomic mass is 35.5. The Hall–Kier alpha value is -2.42. The van der Waals surface area contributed by atoms with Crippen molar-refractivity contribution in [2.75, 3.05) is 25.0 Å². The average molecular weight is 555 g/mol. The summed E-state index contributed by atoms with van der Waals surface area (Å²) in [5.41, 5.74) is -0.564. The molecule has 1 aliphatic carbocycles. The van der Waals surface area contributed by atoms with Crippen LogP contribution in [-0.4, -0.2) is 77.0 Å². The third-order valence-electron chi connectivity index (χ3n) is 9.54. The Morgan fingerprint density at radius 3 is 2.64 bits per heavy atom. The van der Waals surface area contributed by atoms with Crippen molar-refractivity contribution >= 4 is 35.0 Å². The molecule has 210 valence electrons. The lowest BCUT2D eigenvalue weighted by Gasteiger charge is -2.37. The van der Waals surface area contributed by atoms with Gasteiger partial charge in [-0.25, -0.2) is 0 Å². The Morgan fingerprint density at radius 2 is 1.87 bits per heavy atom. The largest absolute Gasteiger partial charge is 0.359 e. The minimum atomic E-state index is -1.13. The second-order valence-corrected chi connectivity index (χ2v) is 12.4. The normalized spacial score (nSPS) is 34.4. The van der Waals surface area contributed by atoms with Gasteiger partial charge in [-0.15, -0.1) is 0 Å². The molecular weight excluding hydrogens is 516 g/mol. The average Bonchev–Trinajstić information content (AvgIpc) is 3.56. The lowest BCUT2D eigenvalue weighted by Crippen LogP contribution is -2.57. The highest BCUT2D eigenvalue weighted by Gasteiger charge is 2.72. The SMILES string of the molecule is C[C@@H]1CCCCN1CCN1C(=O)[C@@H]2[C@H](C(=O)Nc3cccc(Cl)c3)[C@@H]3C=C[C@@]2(O3)[C@H]1C(=O)NC1CCCCC1. The molecule has 3 saturated heterocycles. The fourth-order valence-corrected chi connectivity index (χ4v) is 7.74. The number of piperidine rings is 1. The molecule has 0 unspecified atom stereocenters. The lowest BCUT2D eigenvalue weighted by molar-refractivity contribution is -0.141. The molecule has 4 fully saturated rings. The number of halogens is 1. The van der Waals surface area contributed by atoms with Gasteiger partial charge in [-0.05, 0) is 57.4 Å². The van der Waals surface area contributed by atoms with E-state index in [2.05, 4.69) is 22.5 Å². The maximum Gasteiger partial charge on any atom is 0.246 e. The van der Waals surface area contributed by atoms with Crippen LogP contribution in [0.1, 0.15) is 58.3 Å². The molecule has 1 saturated carbocycles. The minimum absolute atomic E-state index is 0.116. The highest BCUT2D eigenvalue weighted by Crippen LogP contribution is 2.55. The summed E-state index contributed by atoms with van der Waals surface area (Å²) in [4.78, 5) is 45.9. The third kappa shape index (κ3) is 4.89. The zero-order chi connectivity index (χ0) is 27.1. The molecule has 0 aromatic heterocycles. The molecule has 8 nitrogen and oxygen atoms in total. The number of carbonyl (C=O) groups excluding carboxylic acids is 3. The molecule has 1 spiro atoms. The monoisotopic (exact) mass is 554 g/mol. The molecule has 1 aromatic rings. The van der Waals surface area contributed by atoms with Crippen LogP contribution in [0.25, 0.3) is 0 Å². The molecule has 6 rings (SSSR count). The number of anilines is 1. The van der Waals surface area contributed by atoms with Gasteiger partial charge in [0.2, 0.25) is 17.7 Å². The van der Waals surface area contributed by atoms with Crippen LogP contribution >= 0.6 is 11.6 Å². The van der Waals surface area contributed by atoms with Crippen LogP contribution in [0.3, 0.4) is 0 Å². The van der Waals surface area contributed by atoms with E-state index in [1.807, 2.05) is 12.2 Å². The number of nitrogens with one attached hydrogen (secondary N) is 2. The maximum absolute atomic E-state index is 14.2. The van der Waals surface area contributed by atoms with E-state index in [4.69, 9.17) is 16.3 Å². The predicted molar refractivity (Wildman–Crippen MR) is 149 cm³/mol. The van der Waals surface area contributed by atoms with Crippen molar-refractivity contribution in [3.05, 3.63) is 41.4 Å². The van der Waals surface area contributed by atoms with Crippen molar-refractivity contribution in [3.63, 3.8) is 0 Å². The molecule has 3 amide bonds. The topological polar surface area (TPSA) is 91.0 Å². The van der Waals surface area contributed by atoms with E-state index in [1.165, 1.54) is 12.8 Å². The van der Waals surface area contributed by atoms with Crippen molar-refractivity contribution in [1.29, 1.82) is 0 Å². The van der Waals surface area contributed by atoms with Crippen molar-refractivity contribution < 1.29 is 19.1 Å². The molecule has 39 heavy (non-hydrogen) atoms. The number of nitrogens with zero attached hydrogens (tertiary/aromatic N) is 2.